The van der Waals surface area contributed by atoms with Gasteiger partial charge in [-0.25, -0.2) is 0 Å². The summed E-state index contributed by atoms with van der Waals surface area (Å²) in [5, 5.41) is 29.3. The van der Waals surface area contributed by atoms with Crippen LogP contribution in [0.5, 0.6) is 5.75 Å². The molecule has 0 atom stereocenters. The predicted molar refractivity (Wildman–Crippen MR) is 122 cm³/mol. The lowest BCUT2D eigenvalue weighted by Gasteiger charge is -2.24. The zero-order valence-corrected chi connectivity index (χ0v) is 18.5. The lowest BCUT2D eigenvalue weighted by molar-refractivity contribution is 0.0246. The third-order valence-corrected chi connectivity index (χ3v) is 5.92. The highest BCUT2D eigenvalue weighted by atomic mass is 16.5. The molecule has 0 aliphatic heterocycles. The normalized spacial score (nSPS) is 12.3. The number of allylic oxidation sites excluding steroid dienone is 2. The summed E-state index contributed by atoms with van der Waals surface area (Å²) in [6.45, 7) is 6.43. The number of aliphatic hydroxyl groups excluding tert-OH is 2. The Bertz CT molecular complexity index is 822. The fourth-order valence-electron chi connectivity index (χ4n) is 3.61. The van der Waals surface area contributed by atoms with Crippen LogP contribution in [0.3, 0.4) is 0 Å². The first-order chi connectivity index (χ1) is 14.5. The van der Waals surface area contributed by atoms with Crippen molar-refractivity contribution in [2.45, 2.75) is 78.3 Å². The Morgan fingerprint density at radius 3 is 2.33 bits per heavy atom. The second-order valence-corrected chi connectivity index (χ2v) is 7.79. The van der Waals surface area contributed by atoms with Gasteiger partial charge in [0.15, 0.2) is 0 Å². The summed E-state index contributed by atoms with van der Waals surface area (Å²) in [5.74, 6) is 0.794. The van der Waals surface area contributed by atoms with Crippen molar-refractivity contribution in [3.8, 4) is 5.75 Å². The topological polar surface area (TPSA) is 69.9 Å². The molecule has 0 radical (unpaired) electrons. The molecule has 4 heteroatoms. The number of rotatable bonds is 12. The van der Waals surface area contributed by atoms with Crippen molar-refractivity contribution in [2.24, 2.45) is 0 Å². The average Bonchev–Trinajstić information content (AvgIpc) is 2.80. The lowest BCUT2D eigenvalue weighted by Crippen LogP contribution is -2.25. The lowest BCUT2D eigenvalue weighted by atomic mass is 9.90. The van der Waals surface area contributed by atoms with Crippen LogP contribution < -0.4 is 4.74 Å². The molecule has 4 nitrogen and oxygen atoms in total. The number of hydrogen-bond donors (Lipinski definition) is 3. The molecule has 0 fully saturated rings. The minimum atomic E-state index is -0.570. The molecule has 0 aliphatic carbocycles. The van der Waals surface area contributed by atoms with E-state index in [4.69, 9.17) is 4.74 Å². The van der Waals surface area contributed by atoms with Gasteiger partial charge in [-0.15, -0.1) is 0 Å². The Morgan fingerprint density at radius 2 is 1.70 bits per heavy atom. The molecule has 0 amide bonds. The van der Waals surface area contributed by atoms with Gasteiger partial charge in [-0.05, 0) is 78.1 Å². The Labute approximate surface area is 180 Å². The Kier molecular flexibility index (Phi) is 9.57. The second kappa shape index (κ2) is 11.9. The van der Waals surface area contributed by atoms with Gasteiger partial charge in [0.1, 0.15) is 12.4 Å². The third kappa shape index (κ3) is 6.69. The van der Waals surface area contributed by atoms with Gasteiger partial charge >= 0.3 is 0 Å². The fraction of sp³-hybridized carbons (Fsp3) is 0.462. The molecule has 0 spiro atoms. The molecule has 30 heavy (non-hydrogen) atoms. The van der Waals surface area contributed by atoms with Crippen molar-refractivity contribution in [3.63, 3.8) is 0 Å². The van der Waals surface area contributed by atoms with Crippen molar-refractivity contribution >= 4 is 5.57 Å². The van der Waals surface area contributed by atoms with Crippen LogP contribution in [-0.2, 0) is 19.8 Å². The minimum absolute atomic E-state index is 0.0842. The predicted octanol–water partition coefficient (Wildman–Crippen LogP) is 5.37. The van der Waals surface area contributed by atoms with Crippen LogP contribution in [0.1, 0.15) is 75.1 Å². The van der Waals surface area contributed by atoms with E-state index < -0.39 is 5.60 Å². The number of benzene rings is 2. The first kappa shape index (κ1) is 24.1. The van der Waals surface area contributed by atoms with Crippen molar-refractivity contribution in [1.82, 2.24) is 0 Å². The molecule has 164 valence electrons. The molecule has 0 saturated carbocycles. The van der Waals surface area contributed by atoms with Crippen molar-refractivity contribution in [2.75, 3.05) is 0 Å². The first-order valence-electron chi connectivity index (χ1n) is 11.0. The molecule has 0 aromatic heterocycles. The van der Waals surface area contributed by atoms with E-state index in [1.165, 1.54) is 5.57 Å². The highest BCUT2D eigenvalue weighted by molar-refractivity contribution is 5.66. The molecule has 0 bridgehead atoms. The van der Waals surface area contributed by atoms with E-state index >= 15 is 0 Å². The molecule has 2 rings (SSSR count). The van der Waals surface area contributed by atoms with Gasteiger partial charge in [0.2, 0.25) is 0 Å². The van der Waals surface area contributed by atoms with E-state index in [2.05, 4.69) is 25.1 Å². The quantitative estimate of drug-likeness (QED) is 0.438. The molecular formula is C26H36O4. The van der Waals surface area contributed by atoms with E-state index in [1.807, 2.05) is 44.2 Å². The summed E-state index contributed by atoms with van der Waals surface area (Å²) in [7, 11) is 0. The molecule has 0 aliphatic rings. The van der Waals surface area contributed by atoms with Gasteiger partial charge in [0, 0.05) is 0 Å². The Morgan fingerprint density at radius 1 is 0.967 bits per heavy atom. The molecule has 2 aromatic rings. The highest BCUT2D eigenvalue weighted by Gasteiger charge is 2.20. The summed E-state index contributed by atoms with van der Waals surface area (Å²) in [5.41, 5.74) is 4.23. The van der Waals surface area contributed by atoms with Crippen LogP contribution in [0.15, 0.2) is 48.5 Å². The van der Waals surface area contributed by atoms with Gasteiger partial charge in [-0.1, -0.05) is 51.1 Å². The molecular weight excluding hydrogens is 376 g/mol. The maximum absolute atomic E-state index is 10.5. The van der Waals surface area contributed by atoms with E-state index in [0.717, 1.165) is 60.1 Å². The van der Waals surface area contributed by atoms with E-state index in [-0.39, 0.29) is 13.2 Å². The van der Waals surface area contributed by atoms with E-state index in [9.17, 15) is 15.3 Å². The van der Waals surface area contributed by atoms with Crippen LogP contribution in [-0.4, -0.2) is 20.9 Å². The SMILES string of the molecule is CC/C(=C/CCC(O)(CC)CC)c1cccc(OCc2ccc(CO)c(CO)c2)c1. The van der Waals surface area contributed by atoms with Crippen molar-refractivity contribution in [1.29, 1.82) is 0 Å². The maximum Gasteiger partial charge on any atom is 0.120 e. The zero-order valence-electron chi connectivity index (χ0n) is 18.5. The summed E-state index contributed by atoms with van der Waals surface area (Å²) in [6.07, 6.45) is 6.34. The van der Waals surface area contributed by atoms with Crippen LogP contribution in [0.2, 0.25) is 0 Å². The maximum atomic E-state index is 10.5. The zero-order chi connectivity index (χ0) is 22.0. The fourth-order valence-corrected chi connectivity index (χ4v) is 3.61. The number of hydrogen-bond acceptors (Lipinski definition) is 4. The summed E-state index contributed by atoms with van der Waals surface area (Å²) in [6, 6.07) is 13.7. The van der Waals surface area contributed by atoms with Gasteiger partial charge < -0.3 is 20.1 Å². The van der Waals surface area contributed by atoms with Crippen LogP contribution in [0, 0.1) is 0 Å². The van der Waals surface area contributed by atoms with Crippen molar-refractivity contribution in [3.05, 3.63) is 70.8 Å². The smallest absolute Gasteiger partial charge is 0.120 e. The number of aliphatic hydroxyl groups is 3. The van der Waals surface area contributed by atoms with Crippen LogP contribution >= 0.6 is 0 Å². The molecule has 0 unspecified atom stereocenters. The average molecular weight is 413 g/mol. The van der Waals surface area contributed by atoms with Gasteiger partial charge in [-0.3, -0.25) is 0 Å². The first-order valence-corrected chi connectivity index (χ1v) is 11.0. The Balaban J connectivity index is 2.06. The molecule has 2 aromatic carbocycles. The number of ether oxygens (including phenoxy) is 1. The van der Waals surface area contributed by atoms with Gasteiger partial charge in [0.25, 0.3) is 0 Å². The van der Waals surface area contributed by atoms with E-state index in [1.54, 1.807) is 0 Å². The standard InChI is InChI=1S/C26H36O4/c1-4-21(10-8-14-26(29,5-2)6-3)22-9-7-11-25(16-22)30-19-20-12-13-23(17-27)24(15-20)18-28/h7,9-13,15-16,27-29H,4-6,8,14,17-19H2,1-3H3/b21-10-. The van der Waals surface area contributed by atoms with Crippen molar-refractivity contribution < 1.29 is 20.1 Å². The largest absolute Gasteiger partial charge is 0.489 e. The third-order valence-electron chi connectivity index (χ3n) is 5.92. The van der Waals surface area contributed by atoms with E-state index in [0.29, 0.717) is 6.61 Å². The van der Waals surface area contributed by atoms with Gasteiger partial charge in [-0.2, -0.15) is 0 Å². The second-order valence-electron chi connectivity index (χ2n) is 7.79. The summed E-state index contributed by atoms with van der Waals surface area (Å²) < 4.78 is 5.98. The Hall–Kier alpha value is -2.14. The summed E-state index contributed by atoms with van der Waals surface area (Å²) in [4.78, 5) is 0. The highest BCUT2D eigenvalue weighted by Crippen LogP contribution is 2.27. The summed E-state index contributed by atoms with van der Waals surface area (Å²) >= 11 is 0. The monoisotopic (exact) mass is 412 g/mol. The molecule has 3 N–H and O–H groups in total. The van der Waals surface area contributed by atoms with Gasteiger partial charge in [0.05, 0.1) is 18.8 Å². The molecule has 0 heterocycles. The van der Waals surface area contributed by atoms with Crippen LogP contribution in [0.4, 0.5) is 0 Å². The van der Waals surface area contributed by atoms with Crippen LogP contribution in [0.25, 0.3) is 5.57 Å². The molecule has 0 saturated heterocycles. The minimum Gasteiger partial charge on any atom is -0.489 e.